The van der Waals surface area contributed by atoms with Gasteiger partial charge in [-0.25, -0.2) is 0 Å². The van der Waals surface area contributed by atoms with Crippen molar-refractivity contribution in [2.75, 3.05) is 18.0 Å². The fourth-order valence-electron chi connectivity index (χ4n) is 2.33. The van der Waals surface area contributed by atoms with Crippen molar-refractivity contribution in [3.63, 3.8) is 0 Å². The zero-order chi connectivity index (χ0) is 15.1. The molecule has 0 amide bonds. The third-order valence-electron chi connectivity index (χ3n) is 3.50. The molecule has 0 bridgehead atoms. The van der Waals surface area contributed by atoms with Crippen molar-refractivity contribution in [1.82, 2.24) is 9.78 Å². The molecule has 112 valence electrons. The molecule has 0 aliphatic carbocycles. The molecule has 2 rings (SSSR count). The van der Waals surface area contributed by atoms with Gasteiger partial charge < -0.3 is 10.0 Å². The van der Waals surface area contributed by atoms with Crippen LogP contribution in [-0.4, -0.2) is 33.9 Å². The van der Waals surface area contributed by atoms with Crippen LogP contribution in [0.5, 0.6) is 0 Å². The van der Waals surface area contributed by atoms with Crippen molar-refractivity contribution in [3.05, 3.63) is 48.3 Å². The third-order valence-corrected chi connectivity index (χ3v) is 3.50. The van der Waals surface area contributed by atoms with Gasteiger partial charge in [-0.15, -0.1) is 0 Å². The molecule has 0 atom stereocenters. The predicted octanol–water partition coefficient (Wildman–Crippen LogP) is 2.33. The van der Waals surface area contributed by atoms with Gasteiger partial charge in [0.1, 0.15) is 0 Å². The van der Waals surface area contributed by atoms with Crippen molar-refractivity contribution in [1.29, 1.82) is 0 Å². The molecule has 0 aliphatic heterocycles. The van der Waals surface area contributed by atoms with Gasteiger partial charge in [0.25, 0.3) is 0 Å². The van der Waals surface area contributed by atoms with Crippen molar-refractivity contribution in [2.45, 2.75) is 19.3 Å². The second kappa shape index (κ2) is 7.47. The van der Waals surface area contributed by atoms with Gasteiger partial charge in [0.2, 0.25) is 0 Å². The van der Waals surface area contributed by atoms with Gasteiger partial charge in [0.05, 0.1) is 0 Å². The number of hydrogen-bond acceptors (Lipinski definition) is 3. The Morgan fingerprint density at radius 3 is 2.62 bits per heavy atom. The first-order chi connectivity index (χ1) is 10.2. The molecule has 1 aromatic heterocycles. The first-order valence-electron chi connectivity index (χ1n) is 7.15. The molecule has 0 saturated heterocycles. The highest BCUT2D eigenvalue weighted by atomic mass is 16.4. The van der Waals surface area contributed by atoms with Crippen LogP contribution < -0.4 is 4.90 Å². The average Bonchev–Trinajstić information content (AvgIpc) is 2.88. The van der Waals surface area contributed by atoms with E-state index in [-0.39, 0.29) is 6.42 Å². The summed E-state index contributed by atoms with van der Waals surface area (Å²) in [5.74, 6) is -0.741. The highest BCUT2D eigenvalue weighted by Gasteiger charge is 2.09. The molecule has 0 unspecified atom stereocenters. The van der Waals surface area contributed by atoms with Crippen LogP contribution >= 0.6 is 0 Å². The zero-order valence-corrected chi connectivity index (χ0v) is 12.3. The van der Waals surface area contributed by atoms with Crippen LogP contribution in [0.1, 0.15) is 18.5 Å². The number of anilines is 1. The fraction of sp³-hybridized carbons (Fsp3) is 0.375. The van der Waals surface area contributed by atoms with Crippen LogP contribution in [0.15, 0.2) is 42.6 Å². The summed E-state index contributed by atoms with van der Waals surface area (Å²) in [7, 11) is 1.94. The van der Waals surface area contributed by atoms with E-state index in [1.54, 1.807) is 6.20 Å². The lowest BCUT2D eigenvalue weighted by molar-refractivity contribution is -0.137. The minimum absolute atomic E-state index is 0.203. The van der Waals surface area contributed by atoms with Crippen LogP contribution in [0.4, 0.5) is 5.69 Å². The minimum atomic E-state index is -0.741. The second-order valence-corrected chi connectivity index (χ2v) is 5.02. The predicted molar refractivity (Wildman–Crippen MR) is 82.4 cm³/mol. The number of aliphatic carboxylic acids is 1. The summed E-state index contributed by atoms with van der Waals surface area (Å²) >= 11 is 0. The molecule has 1 heterocycles. The third kappa shape index (κ3) is 4.63. The van der Waals surface area contributed by atoms with Crippen molar-refractivity contribution < 1.29 is 9.90 Å². The summed E-state index contributed by atoms with van der Waals surface area (Å²) < 4.78 is 1.88. The summed E-state index contributed by atoms with van der Waals surface area (Å²) in [5.41, 5.74) is 2.30. The van der Waals surface area contributed by atoms with E-state index in [4.69, 9.17) is 5.11 Å². The molecule has 1 N–H and O–H groups in total. The van der Waals surface area contributed by atoms with E-state index in [9.17, 15) is 4.79 Å². The molecule has 5 nitrogen and oxygen atoms in total. The van der Waals surface area contributed by atoms with Gasteiger partial charge in [-0.2, -0.15) is 5.10 Å². The van der Waals surface area contributed by atoms with Gasteiger partial charge in [0, 0.05) is 50.6 Å². The highest BCUT2D eigenvalue weighted by molar-refractivity contribution is 5.66. The monoisotopic (exact) mass is 287 g/mol. The maximum Gasteiger partial charge on any atom is 0.303 e. The first-order valence-corrected chi connectivity index (χ1v) is 7.15. The summed E-state index contributed by atoms with van der Waals surface area (Å²) in [6, 6.07) is 12.1. The molecule has 0 saturated carbocycles. The van der Waals surface area contributed by atoms with E-state index >= 15 is 0 Å². The number of para-hydroxylation sites is 1. The largest absolute Gasteiger partial charge is 0.481 e. The van der Waals surface area contributed by atoms with Crippen molar-refractivity contribution in [2.24, 2.45) is 7.05 Å². The second-order valence-electron chi connectivity index (χ2n) is 5.02. The van der Waals surface area contributed by atoms with Crippen molar-refractivity contribution in [3.8, 4) is 0 Å². The number of carboxylic acid groups (broad SMARTS) is 1. The van der Waals surface area contributed by atoms with Gasteiger partial charge in [-0.1, -0.05) is 18.2 Å². The quantitative estimate of drug-likeness (QED) is 0.809. The van der Waals surface area contributed by atoms with Gasteiger partial charge >= 0.3 is 5.97 Å². The molecule has 0 aliphatic rings. The Morgan fingerprint density at radius 2 is 2.00 bits per heavy atom. The summed E-state index contributed by atoms with van der Waals surface area (Å²) in [4.78, 5) is 12.9. The smallest absolute Gasteiger partial charge is 0.303 e. The van der Waals surface area contributed by atoms with Crippen LogP contribution in [0, 0.1) is 0 Å². The molecule has 1 aromatic carbocycles. The first kappa shape index (κ1) is 15.1. The van der Waals surface area contributed by atoms with E-state index in [1.165, 1.54) is 5.69 Å². The topological polar surface area (TPSA) is 58.4 Å². The van der Waals surface area contributed by atoms with E-state index in [2.05, 4.69) is 22.1 Å². The normalized spacial score (nSPS) is 10.5. The fourth-order valence-corrected chi connectivity index (χ4v) is 2.33. The summed E-state index contributed by atoms with van der Waals surface area (Å²) in [5, 5.41) is 13.0. The maximum atomic E-state index is 10.7. The molecule has 0 radical (unpaired) electrons. The summed E-state index contributed by atoms with van der Waals surface area (Å²) in [6.45, 7) is 1.59. The lowest BCUT2D eigenvalue weighted by atomic mass is 10.2. The molecule has 21 heavy (non-hydrogen) atoms. The Labute approximate surface area is 124 Å². The van der Waals surface area contributed by atoms with Crippen LogP contribution in [-0.2, 0) is 18.3 Å². The number of nitrogens with zero attached hydrogens (tertiary/aromatic N) is 3. The van der Waals surface area contributed by atoms with E-state index < -0.39 is 5.97 Å². The average molecular weight is 287 g/mol. The Hall–Kier alpha value is -2.30. The molecular weight excluding hydrogens is 266 g/mol. The Kier molecular flexibility index (Phi) is 5.37. The van der Waals surface area contributed by atoms with E-state index in [0.717, 1.165) is 25.2 Å². The number of carbonyl (C=O) groups is 1. The maximum absolute atomic E-state index is 10.7. The molecular formula is C16H21N3O2. The van der Waals surface area contributed by atoms with Gasteiger partial charge in [-0.3, -0.25) is 9.48 Å². The molecule has 5 heteroatoms. The van der Waals surface area contributed by atoms with Crippen LogP contribution in [0.2, 0.25) is 0 Å². The number of hydrogen-bond donors (Lipinski definition) is 1. The molecule has 2 aromatic rings. The Bertz CT molecular complexity index is 566. The standard InChI is InChI=1S/C16H21N3O2/c1-18-14(9-11-17-18)10-13-19(12-5-8-16(20)21)15-6-3-2-4-7-15/h2-4,6-7,9,11H,5,8,10,12-13H2,1H3,(H,20,21). The minimum Gasteiger partial charge on any atom is -0.481 e. The highest BCUT2D eigenvalue weighted by Crippen LogP contribution is 2.15. The number of carboxylic acids is 1. The Morgan fingerprint density at radius 1 is 1.24 bits per heavy atom. The Balaban J connectivity index is 1.98. The number of benzene rings is 1. The van der Waals surface area contributed by atoms with Gasteiger partial charge in [-0.05, 0) is 24.6 Å². The van der Waals surface area contributed by atoms with Crippen LogP contribution in [0.25, 0.3) is 0 Å². The van der Waals surface area contributed by atoms with E-state index in [1.807, 2.05) is 36.0 Å². The van der Waals surface area contributed by atoms with E-state index in [0.29, 0.717) is 6.42 Å². The lowest BCUT2D eigenvalue weighted by Crippen LogP contribution is -2.27. The van der Waals surface area contributed by atoms with Crippen molar-refractivity contribution >= 4 is 11.7 Å². The van der Waals surface area contributed by atoms with Crippen LogP contribution in [0.3, 0.4) is 0 Å². The zero-order valence-electron chi connectivity index (χ0n) is 12.3. The van der Waals surface area contributed by atoms with Gasteiger partial charge in [0.15, 0.2) is 0 Å². The SMILES string of the molecule is Cn1nccc1CCN(CCCC(=O)O)c1ccccc1. The number of aryl methyl sites for hydroxylation is 1. The number of aromatic nitrogens is 2. The lowest BCUT2D eigenvalue weighted by Gasteiger charge is -2.24. The number of rotatable bonds is 8. The molecule has 0 spiro atoms. The molecule has 0 fully saturated rings. The summed E-state index contributed by atoms with van der Waals surface area (Å²) in [6.07, 6.45) is 3.54.